The topological polar surface area (TPSA) is 33.3 Å². The van der Waals surface area contributed by atoms with Crippen molar-refractivity contribution in [3.8, 4) is 0 Å². The van der Waals surface area contributed by atoms with E-state index in [9.17, 15) is 0 Å². The van der Waals surface area contributed by atoms with E-state index in [4.69, 9.17) is 4.74 Å². The van der Waals surface area contributed by atoms with Crippen LogP contribution >= 0.6 is 0 Å². The average molecular weight is 102 g/mol. The zero-order chi connectivity index (χ0) is 5.11. The van der Waals surface area contributed by atoms with Crippen molar-refractivity contribution in [1.29, 1.82) is 0 Å². The fraction of sp³-hybridized carbons (Fsp3) is 1.00. The summed E-state index contributed by atoms with van der Waals surface area (Å²) >= 11 is 0. The molecule has 0 bridgehead atoms. The Morgan fingerprint density at radius 2 is 2.57 bits per heavy atom. The van der Waals surface area contributed by atoms with Gasteiger partial charge in [-0.3, -0.25) is 5.32 Å². The van der Waals surface area contributed by atoms with E-state index in [0.717, 1.165) is 13.2 Å². The zero-order valence-electron chi connectivity index (χ0n) is 4.40. The Bertz CT molecular complexity index is 51.7. The molecule has 1 aliphatic heterocycles. The molecule has 2 N–H and O–H groups in total. The van der Waals surface area contributed by atoms with E-state index >= 15 is 0 Å². The summed E-state index contributed by atoms with van der Waals surface area (Å²) in [6.07, 6.45) is 0.236. The Morgan fingerprint density at radius 3 is 2.86 bits per heavy atom. The minimum atomic E-state index is 0.236. The van der Waals surface area contributed by atoms with Gasteiger partial charge in [0.15, 0.2) is 0 Å². The van der Waals surface area contributed by atoms with Gasteiger partial charge in [-0.15, -0.1) is 0 Å². The summed E-state index contributed by atoms with van der Waals surface area (Å²) in [6, 6.07) is 0. The molecule has 1 fully saturated rings. The molecule has 1 heterocycles. The molecule has 0 aliphatic carbocycles. The van der Waals surface area contributed by atoms with Crippen LogP contribution in [0.4, 0.5) is 0 Å². The molecule has 3 nitrogen and oxygen atoms in total. The molecular weight excluding hydrogens is 92.1 g/mol. The molecule has 1 unspecified atom stereocenters. The van der Waals surface area contributed by atoms with Crippen LogP contribution in [0.1, 0.15) is 0 Å². The van der Waals surface area contributed by atoms with Gasteiger partial charge in [-0.25, -0.2) is 0 Å². The van der Waals surface area contributed by atoms with E-state index in [1.807, 2.05) is 0 Å². The fourth-order valence-corrected chi connectivity index (χ4v) is 0.628. The van der Waals surface area contributed by atoms with Gasteiger partial charge in [0.25, 0.3) is 0 Å². The minimum absolute atomic E-state index is 0.236. The van der Waals surface area contributed by atoms with E-state index in [1.165, 1.54) is 0 Å². The second-order valence-corrected chi connectivity index (χ2v) is 1.56. The monoisotopic (exact) mass is 102 g/mol. The van der Waals surface area contributed by atoms with Gasteiger partial charge in [0.05, 0.1) is 0 Å². The largest absolute Gasteiger partial charge is 0.365 e. The third-order valence-corrected chi connectivity index (χ3v) is 1.07. The van der Waals surface area contributed by atoms with Crippen LogP contribution in [-0.4, -0.2) is 26.6 Å². The summed E-state index contributed by atoms with van der Waals surface area (Å²) in [7, 11) is 1.70. The standard InChI is InChI=1S/C4H10N2O/c1-7-4-2-5-3-6-4/h4-6H,2-3H2,1H3. The Morgan fingerprint density at radius 1 is 1.71 bits per heavy atom. The number of nitrogens with one attached hydrogen (secondary N) is 2. The molecule has 7 heavy (non-hydrogen) atoms. The Hall–Kier alpha value is -0.120. The van der Waals surface area contributed by atoms with E-state index < -0.39 is 0 Å². The highest BCUT2D eigenvalue weighted by Gasteiger charge is 2.09. The lowest BCUT2D eigenvalue weighted by Crippen LogP contribution is -2.24. The smallest absolute Gasteiger partial charge is 0.121 e. The molecule has 0 aromatic rings. The summed E-state index contributed by atoms with van der Waals surface area (Å²) in [4.78, 5) is 0. The molecule has 0 saturated carbocycles. The first kappa shape index (κ1) is 5.03. The predicted octanol–water partition coefficient (Wildman–Crippen LogP) is -0.891. The fourth-order valence-electron chi connectivity index (χ4n) is 0.628. The maximum Gasteiger partial charge on any atom is 0.121 e. The van der Waals surface area contributed by atoms with Gasteiger partial charge in [-0.1, -0.05) is 0 Å². The molecule has 1 saturated heterocycles. The van der Waals surface area contributed by atoms with E-state index in [0.29, 0.717) is 0 Å². The average Bonchev–Trinajstić information content (AvgIpc) is 2.14. The van der Waals surface area contributed by atoms with Gasteiger partial charge >= 0.3 is 0 Å². The lowest BCUT2D eigenvalue weighted by molar-refractivity contribution is 0.101. The van der Waals surface area contributed by atoms with Crippen molar-refractivity contribution in [2.24, 2.45) is 0 Å². The molecule has 0 aromatic heterocycles. The molecule has 0 spiro atoms. The van der Waals surface area contributed by atoms with Crippen molar-refractivity contribution in [2.45, 2.75) is 6.23 Å². The van der Waals surface area contributed by atoms with Crippen LogP contribution in [0.15, 0.2) is 0 Å². The van der Waals surface area contributed by atoms with E-state index in [-0.39, 0.29) is 6.23 Å². The number of hydrogen-bond donors (Lipinski definition) is 2. The molecule has 1 atom stereocenters. The zero-order valence-corrected chi connectivity index (χ0v) is 4.40. The van der Waals surface area contributed by atoms with Gasteiger partial charge in [-0.05, 0) is 0 Å². The van der Waals surface area contributed by atoms with Crippen LogP contribution in [0.5, 0.6) is 0 Å². The SMILES string of the molecule is COC1CNCN1. The Labute approximate surface area is 43.0 Å². The summed E-state index contributed by atoms with van der Waals surface area (Å²) in [5.41, 5.74) is 0. The van der Waals surface area contributed by atoms with Gasteiger partial charge in [-0.2, -0.15) is 0 Å². The summed E-state index contributed by atoms with van der Waals surface area (Å²) in [6.45, 7) is 1.80. The van der Waals surface area contributed by atoms with Crippen molar-refractivity contribution in [1.82, 2.24) is 10.6 Å². The van der Waals surface area contributed by atoms with Gasteiger partial charge in [0, 0.05) is 20.3 Å². The molecule has 3 heteroatoms. The van der Waals surface area contributed by atoms with Crippen LogP contribution in [0, 0.1) is 0 Å². The van der Waals surface area contributed by atoms with Gasteiger partial charge < -0.3 is 10.1 Å². The summed E-state index contributed by atoms with van der Waals surface area (Å²) in [5.74, 6) is 0. The van der Waals surface area contributed by atoms with Crippen molar-refractivity contribution >= 4 is 0 Å². The quantitative estimate of drug-likeness (QED) is 0.450. The lowest BCUT2D eigenvalue weighted by Gasteiger charge is -2.02. The second-order valence-electron chi connectivity index (χ2n) is 1.56. The van der Waals surface area contributed by atoms with Gasteiger partial charge in [0.1, 0.15) is 6.23 Å². The molecule has 0 amide bonds. The van der Waals surface area contributed by atoms with E-state index in [1.54, 1.807) is 7.11 Å². The second kappa shape index (κ2) is 2.26. The summed E-state index contributed by atoms with van der Waals surface area (Å²) in [5, 5.41) is 6.16. The van der Waals surface area contributed by atoms with Crippen LogP contribution in [0.2, 0.25) is 0 Å². The molecular formula is C4H10N2O. The number of ether oxygens (including phenoxy) is 1. The highest BCUT2D eigenvalue weighted by molar-refractivity contribution is 4.64. The number of methoxy groups -OCH3 is 1. The lowest BCUT2D eigenvalue weighted by atomic mass is 10.6. The molecule has 1 aliphatic rings. The third-order valence-electron chi connectivity index (χ3n) is 1.07. The first-order chi connectivity index (χ1) is 3.43. The normalized spacial score (nSPS) is 31.3. The van der Waals surface area contributed by atoms with Crippen molar-refractivity contribution in [2.75, 3.05) is 20.3 Å². The molecule has 1 rings (SSSR count). The maximum atomic E-state index is 4.94. The van der Waals surface area contributed by atoms with Crippen LogP contribution < -0.4 is 10.6 Å². The first-order valence-electron chi connectivity index (χ1n) is 2.40. The van der Waals surface area contributed by atoms with Crippen LogP contribution in [0.3, 0.4) is 0 Å². The highest BCUT2D eigenvalue weighted by Crippen LogP contribution is 1.84. The molecule has 0 aromatic carbocycles. The number of hydrogen-bond acceptors (Lipinski definition) is 3. The molecule has 0 radical (unpaired) electrons. The van der Waals surface area contributed by atoms with Gasteiger partial charge in [0.2, 0.25) is 0 Å². The van der Waals surface area contributed by atoms with Crippen LogP contribution in [0.25, 0.3) is 0 Å². The first-order valence-corrected chi connectivity index (χ1v) is 2.40. The Kier molecular flexibility index (Phi) is 1.62. The number of rotatable bonds is 1. The maximum absolute atomic E-state index is 4.94. The predicted molar refractivity (Wildman–Crippen MR) is 26.8 cm³/mol. The van der Waals surface area contributed by atoms with Crippen molar-refractivity contribution in [3.05, 3.63) is 0 Å². The minimum Gasteiger partial charge on any atom is -0.365 e. The van der Waals surface area contributed by atoms with Crippen molar-refractivity contribution < 1.29 is 4.74 Å². The van der Waals surface area contributed by atoms with Crippen molar-refractivity contribution in [3.63, 3.8) is 0 Å². The summed E-state index contributed by atoms with van der Waals surface area (Å²) < 4.78 is 4.94. The highest BCUT2D eigenvalue weighted by atomic mass is 16.5. The van der Waals surface area contributed by atoms with E-state index in [2.05, 4.69) is 10.6 Å². The third kappa shape index (κ3) is 1.12. The van der Waals surface area contributed by atoms with Crippen LogP contribution in [-0.2, 0) is 4.74 Å². The molecule has 42 valence electrons. The Balaban J connectivity index is 2.14.